The summed E-state index contributed by atoms with van der Waals surface area (Å²) in [4.78, 5) is 14.5. The molecule has 1 saturated heterocycles. The molecule has 3 aromatic carbocycles. The van der Waals surface area contributed by atoms with Crippen molar-refractivity contribution >= 4 is 5.91 Å². The smallest absolute Gasteiger partial charge is 0.255 e. The van der Waals surface area contributed by atoms with E-state index in [2.05, 4.69) is 5.32 Å². The predicted octanol–water partition coefficient (Wildman–Crippen LogP) is 4.30. The summed E-state index contributed by atoms with van der Waals surface area (Å²) in [6.45, 7) is 1.75. The van der Waals surface area contributed by atoms with E-state index in [1.807, 2.05) is 35.2 Å². The summed E-state index contributed by atoms with van der Waals surface area (Å²) in [5.41, 5.74) is 1.80. The average molecular weight is 426 g/mol. The van der Waals surface area contributed by atoms with Gasteiger partial charge in [0.25, 0.3) is 5.91 Å². The molecule has 1 N–H and O–H groups in total. The Morgan fingerprint density at radius 1 is 0.935 bits per heavy atom. The average Bonchev–Trinajstić information content (AvgIpc) is 2.75. The molecule has 0 spiro atoms. The Labute approximate surface area is 178 Å². The highest BCUT2D eigenvalue weighted by atomic mass is 19.2. The molecule has 4 nitrogen and oxygen atoms in total. The maximum Gasteiger partial charge on any atom is 0.255 e. The van der Waals surface area contributed by atoms with Gasteiger partial charge in [-0.1, -0.05) is 42.5 Å². The fourth-order valence-electron chi connectivity index (χ4n) is 3.49. The van der Waals surface area contributed by atoms with E-state index in [9.17, 15) is 18.0 Å². The van der Waals surface area contributed by atoms with Crippen LogP contribution in [0, 0.1) is 17.5 Å². The lowest BCUT2D eigenvalue weighted by atomic mass is 10.1. The molecule has 1 aliphatic rings. The molecular weight excluding hydrogens is 405 g/mol. The monoisotopic (exact) mass is 426 g/mol. The van der Waals surface area contributed by atoms with E-state index in [-0.39, 0.29) is 18.6 Å². The highest BCUT2D eigenvalue weighted by molar-refractivity contribution is 5.96. The van der Waals surface area contributed by atoms with Gasteiger partial charge in [0.1, 0.15) is 11.9 Å². The van der Waals surface area contributed by atoms with Gasteiger partial charge in [-0.05, 0) is 35.4 Å². The second-order valence-corrected chi connectivity index (χ2v) is 7.47. The van der Waals surface area contributed by atoms with E-state index in [1.165, 1.54) is 0 Å². The molecule has 0 aromatic heterocycles. The number of rotatable bonds is 7. The second kappa shape index (κ2) is 9.22. The summed E-state index contributed by atoms with van der Waals surface area (Å²) in [5.74, 6) is -3.60. The highest BCUT2D eigenvalue weighted by Crippen LogP contribution is 2.24. The van der Waals surface area contributed by atoms with Crippen molar-refractivity contribution in [1.29, 1.82) is 0 Å². The van der Waals surface area contributed by atoms with E-state index in [0.29, 0.717) is 36.5 Å². The van der Waals surface area contributed by atoms with Crippen LogP contribution in [0.4, 0.5) is 13.2 Å². The lowest BCUT2D eigenvalue weighted by Gasteiger charge is -2.39. The van der Waals surface area contributed by atoms with Crippen LogP contribution in [0.5, 0.6) is 5.75 Å². The van der Waals surface area contributed by atoms with Crippen LogP contribution in [-0.4, -0.2) is 30.0 Å². The molecule has 0 atom stereocenters. The Morgan fingerprint density at radius 3 is 2.29 bits per heavy atom. The van der Waals surface area contributed by atoms with Gasteiger partial charge in [0.15, 0.2) is 17.5 Å². The van der Waals surface area contributed by atoms with Crippen LogP contribution >= 0.6 is 0 Å². The standard InChI is InChI=1S/C24H21F3N2O2/c25-20-10-17(11-21(26)23(20)27)13-29-14-18(15-29)31-22-9-5-4-8-19(22)24(30)28-12-16-6-2-1-3-7-16/h1-11,18H,12-15H2,(H,28,30). The minimum Gasteiger partial charge on any atom is -0.487 e. The van der Waals surface area contributed by atoms with E-state index < -0.39 is 17.5 Å². The number of likely N-dealkylation sites (tertiary alicyclic amines) is 1. The second-order valence-electron chi connectivity index (χ2n) is 7.47. The minimum absolute atomic E-state index is 0.154. The molecule has 3 aromatic rings. The lowest BCUT2D eigenvalue weighted by molar-refractivity contribution is 0.0139. The number of halogens is 3. The van der Waals surface area contributed by atoms with Crippen molar-refractivity contribution in [2.24, 2.45) is 0 Å². The number of nitrogens with zero attached hydrogens (tertiary/aromatic N) is 1. The third-order valence-electron chi connectivity index (χ3n) is 5.09. The van der Waals surface area contributed by atoms with Gasteiger partial charge in [0.2, 0.25) is 0 Å². The van der Waals surface area contributed by atoms with Crippen molar-refractivity contribution in [3.8, 4) is 5.75 Å². The van der Waals surface area contributed by atoms with Gasteiger partial charge in [-0.25, -0.2) is 13.2 Å². The summed E-state index contributed by atoms with van der Waals surface area (Å²) in [6, 6.07) is 18.6. The molecule has 160 valence electrons. The number of amides is 1. The summed E-state index contributed by atoms with van der Waals surface area (Å²) in [7, 11) is 0. The zero-order valence-corrected chi connectivity index (χ0v) is 16.7. The number of hydrogen-bond donors (Lipinski definition) is 1. The van der Waals surface area contributed by atoms with Crippen LogP contribution < -0.4 is 10.1 Å². The number of carbonyl (C=O) groups is 1. The maximum absolute atomic E-state index is 13.4. The van der Waals surface area contributed by atoms with Crippen molar-refractivity contribution in [1.82, 2.24) is 10.2 Å². The van der Waals surface area contributed by atoms with Crippen LogP contribution in [0.15, 0.2) is 66.7 Å². The summed E-state index contributed by atoms with van der Waals surface area (Å²) < 4.78 is 45.8. The number of carbonyl (C=O) groups excluding carboxylic acids is 1. The van der Waals surface area contributed by atoms with Crippen molar-refractivity contribution in [3.05, 3.63) is 101 Å². The zero-order chi connectivity index (χ0) is 21.8. The van der Waals surface area contributed by atoms with Gasteiger partial charge in [-0.3, -0.25) is 9.69 Å². The molecule has 1 amide bonds. The lowest BCUT2D eigenvalue weighted by Crippen LogP contribution is -2.53. The summed E-state index contributed by atoms with van der Waals surface area (Å²) in [5, 5.41) is 2.89. The number of ether oxygens (including phenoxy) is 1. The Balaban J connectivity index is 1.32. The normalized spacial score (nSPS) is 14.2. The van der Waals surface area contributed by atoms with Gasteiger partial charge < -0.3 is 10.1 Å². The number of para-hydroxylation sites is 1. The minimum atomic E-state index is -1.46. The molecule has 0 aliphatic carbocycles. The van der Waals surface area contributed by atoms with Gasteiger partial charge in [0.05, 0.1) is 5.56 Å². The quantitative estimate of drug-likeness (QED) is 0.573. The fourth-order valence-corrected chi connectivity index (χ4v) is 3.49. The number of benzene rings is 3. The Bertz CT molecular complexity index is 1050. The van der Waals surface area contributed by atoms with Gasteiger partial charge in [0, 0.05) is 26.2 Å². The van der Waals surface area contributed by atoms with Crippen LogP contribution in [0.25, 0.3) is 0 Å². The molecule has 7 heteroatoms. The third-order valence-corrected chi connectivity index (χ3v) is 5.09. The Kier molecular flexibility index (Phi) is 6.23. The molecule has 4 rings (SSSR count). The first-order valence-corrected chi connectivity index (χ1v) is 9.93. The summed E-state index contributed by atoms with van der Waals surface area (Å²) in [6.07, 6.45) is -0.154. The molecule has 1 aliphatic heterocycles. The topological polar surface area (TPSA) is 41.6 Å². The summed E-state index contributed by atoms with van der Waals surface area (Å²) >= 11 is 0. The highest BCUT2D eigenvalue weighted by Gasteiger charge is 2.30. The molecule has 0 bridgehead atoms. The van der Waals surface area contributed by atoms with E-state index in [0.717, 1.165) is 17.7 Å². The van der Waals surface area contributed by atoms with Crippen molar-refractivity contribution in [3.63, 3.8) is 0 Å². The molecule has 0 saturated carbocycles. The van der Waals surface area contributed by atoms with Gasteiger partial charge in [-0.2, -0.15) is 0 Å². The molecule has 31 heavy (non-hydrogen) atoms. The first-order chi connectivity index (χ1) is 15.0. The fraction of sp³-hybridized carbons (Fsp3) is 0.208. The number of nitrogens with one attached hydrogen (secondary N) is 1. The van der Waals surface area contributed by atoms with Crippen LogP contribution in [-0.2, 0) is 13.1 Å². The van der Waals surface area contributed by atoms with Crippen LogP contribution in [0.3, 0.4) is 0 Å². The predicted molar refractivity (Wildman–Crippen MR) is 110 cm³/mol. The Hall–Kier alpha value is -3.32. The molecular formula is C24H21F3N2O2. The first-order valence-electron chi connectivity index (χ1n) is 9.93. The van der Waals surface area contributed by atoms with Crippen molar-refractivity contribution in [2.45, 2.75) is 19.2 Å². The SMILES string of the molecule is O=C(NCc1ccccc1)c1ccccc1OC1CN(Cc2cc(F)c(F)c(F)c2)C1. The van der Waals surface area contributed by atoms with E-state index >= 15 is 0 Å². The molecule has 1 heterocycles. The van der Waals surface area contributed by atoms with Gasteiger partial charge >= 0.3 is 0 Å². The van der Waals surface area contributed by atoms with E-state index in [4.69, 9.17) is 4.74 Å². The number of hydrogen-bond acceptors (Lipinski definition) is 3. The van der Waals surface area contributed by atoms with Crippen molar-refractivity contribution in [2.75, 3.05) is 13.1 Å². The molecule has 0 radical (unpaired) electrons. The Morgan fingerprint density at radius 2 is 1.58 bits per heavy atom. The molecule has 0 unspecified atom stereocenters. The maximum atomic E-state index is 13.4. The van der Waals surface area contributed by atoms with Crippen LogP contribution in [0.1, 0.15) is 21.5 Å². The largest absolute Gasteiger partial charge is 0.487 e. The first kappa shape index (κ1) is 20.9. The van der Waals surface area contributed by atoms with Crippen LogP contribution in [0.2, 0.25) is 0 Å². The van der Waals surface area contributed by atoms with E-state index in [1.54, 1.807) is 24.3 Å². The molecule has 1 fully saturated rings. The van der Waals surface area contributed by atoms with Gasteiger partial charge in [-0.15, -0.1) is 0 Å². The zero-order valence-electron chi connectivity index (χ0n) is 16.7. The van der Waals surface area contributed by atoms with Crippen molar-refractivity contribution < 1.29 is 22.7 Å². The third kappa shape index (κ3) is 5.06.